The molecule has 1 saturated heterocycles. The van der Waals surface area contributed by atoms with Gasteiger partial charge in [-0.1, -0.05) is 54.1 Å². The molecule has 0 unspecified atom stereocenters. The van der Waals surface area contributed by atoms with Crippen LogP contribution in [0.5, 0.6) is 0 Å². The number of nitrogens with zero attached hydrogens (tertiary/aromatic N) is 4. The molecular formula is C21H24ClN5O3S. The number of rotatable bonds is 4. The maximum absolute atomic E-state index is 12.9. The smallest absolute Gasteiger partial charge is 0.304 e. The van der Waals surface area contributed by atoms with E-state index in [9.17, 15) is 8.42 Å². The Kier molecular flexibility index (Phi) is 6.57. The van der Waals surface area contributed by atoms with Crippen molar-refractivity contribution in [1.29, 1.82) is 0 Å². The Balaban J connectivity index is 1.65. The molecular weight excluding hydrogens is 438 g/mol. The lowest BCUT2D eigenvalue weighted by molar-refractivity contribution is 0.0727. The zero-order chi connectivity index (χ0) is 21.8. The third-order valence-electron chi connectivity index (χ3n) is 5.23. The summed E-state index contributed by atoms with van der Waals surface area (Å²) < 4.78 is 35.1. The predicted octanol–water partition coefficient (Wildman–Crippen LogP) is 2.64. The van der Waals surface area contributed by atoms with E-state index < -0.39 is 10.2 Å². The van der Waals surface area contributed by atoms with Crippen molar-refractivity contribution in [3.05, 3.63) is 70.7 Å². The Morgan fingerprint density at radius 2 is 1.81 bits per heavy atom. The molecule has 2 aromatic carbocycles. The highest BCUT2D eigenvalue weighted by molar-refractivity contribution is 7.87. The molecule has 2 heterocycles. The van der Waals surface area contributed by atoms with Gasteiger partial charge in [-0.05, 0) is 23.3 Å². The fourth-order valence-electron chi connectivity index (χ4n) is 3.62. The number of nitrogens with one attached hydrogen (secondary N) is 1. The first-order chi connectivity index (χ1) is 15.0. The predicted molar refractivity (Wildman–Crippen MR) is 121 cm³/mol. The first-order valence-electron chi connectivity index (χ1n) is 9.98. The average Bonchev–Trinajstić information content (AvgIpc) is 3.24. The topological polar surface area (TPSA) is 86.6 Å². The quantitative estimate of drug-likeness (QED) is 0.560. The van der Waals surface area contributed by atoms with Crippen molar-refractivity contribution >= 4 is 33.5 Å². The largest absolute Gasteiger partial charge is 0.379 e. The van der Waals surface area contributed by atoms with Crippen LogP contribution in [0.1, 0.15) is 23.6 Å². The SMILES string of the molecule is CN=C(NS(=O)(=O)N1CCOCC1)N1N=C(c2ccc(Cl)cc2)C[C@@H]1c1ccccc1. The number of hydrogen-bond donors (Lipinski definition) is 1. The maximum atomic E-state index is 12.9. The maximum Gasteiger partial charge on any atom is 0.304 e. The normalized spacial score (nSPS) is 20.6. The second-order valence-corrected chi connectivity index (χ2v) is 9.30. The molecule has 8 nitrogen and oxygen atoms in total. The Bertz CT molecular complexity index is 1070. The van der Waals surface area contributed by atoms with Gasteiger partial charge in [-0.3, -0.25) is 4.99 Å². The Labute approximate surface area is 187 Å². The van der Waals surface area contributed by atoms with Crippen LogP contribution in [-0.4, -0.2) is 62.8 Å². The van der Waals surface area contributed by atoms with Crippen LogP contribution in [0.4, 0.5) is 0 Å². The van der Waals surface area contributed by atoms with Gasteiger partial charge < -0.3 is 4.74 Å². The molecule has 0 saturated carbocycles. The van der Waals surface area contributed by atoms with E-state index in [1.54, 1.807) is 12.1 Å². The van der Waals surface area contributed by atoms with Gasteiger partial charge in [0, 0.05) is 31.6 Å². The summed E-state index contributed by atoms with van der Waals surface area (Å²) in [7, 11) is -2.23. The van der Waals surface area contributed by atoms with E-state index in [-0.39, 0.29) is 12.0 Å². The van der Waals surface area contributed by atoms with E-state index in [1.807, 2.05) is 54.6 Å². The number of morpholine rings is 1. The van der Waals surface area contributed by atoms with E-state index in [0.29, 0.717) is 37.7 Å². The number of hydrogen-bond acceptors (Lipinski definition) is 5. The van der Waals surface area contributed by atoms with Crippen LogP contribution in [0.3, 0.4) is 0 Å². The number of benzene rings is 2. The molecule has 0 aliphatic carbocycles. The van der Waals surface area contributed by atoms with Crippen LogP contribution in [0, 0.1) is 0 Å². The molecule has 2 aliphatic rings. The lowest BCUT2D eigenvalue weighted by atomic mass is 9.99. The molecule has 4 rings (SSSR count). The van der Waals surface area contributed by atoms with E-state index in [0.717, 1.165) is 16.8 Å². The van der Waals surface area contributed by atoms with Gasteiger partial charge >= 0.3 is 10.2 Å². The Morgan fingerprint density at radius 1 is 1.13 bits per heavy atom. The molecule has 31 heavy (non-hydrogen) atoms. The molecule has 10 heteroatoms. The summed E-state index contributed by atoms with van der Waals surface area (Å²) in [6, 6.07) is 17.1. The lowest BCUT2D eigenvalue weighted by Gasteiger charge is -2.29. The van der Waals surface area contributed by atoms with Crippen molar-refractivity contribution in [1.82, 2.24) is 14.0 Å². The molecule has 0 bridgehead atoms. The number of guanidine groups is 1. The van der Waals surface area contributed by atoms with Crippen LogP contribution in [0.25, 0.3) is 0 Å². The summed E-state index contributed by atoms with van der Waals surface area (Å²) in [4.78, 5) is 4.23. The van der Waals surface area contributed by atoms with E-state index in [4.69, 9.17) is 21.4 Å². The van der Waals surface area contributed by atoms with Crippen molar-refractivity contribution < 1.29 is 13.2 Å². The number of ether oxygens (including phenoxy) is 1. The summed E-state index contributed by atoms with van der Waals surface area (Å²) >= 11 is 6.03. The van der Waals surface area contributed by atoms with Crippen LogP contribution in [0.15, 0.2) is 64.7 Å². The first-order valence-corrected chi connectivity index (χ1v) is 11.8. The molecule has 1 fully saturated rings. The fraction of sp³-hybridized carbons (Fsp3) is 0.333. The molecule has 0 aromatic heterocycles. The highest BCUT2D eigenvalue weighted by Crippen LogP contribution is 2.33. The molecule has 0 spiro atoms. The molecule has 2 aliphatic heterocycles. The summed E-state index contributed by atoms with van der Waals surface area (Å²) in [5.41, 5.74) is 2.78. The minimum Gasteiger partial charge on any atom is -0.379 e. The van der Waals surface area contributed by atoms with E-state index in [1.165, 1.54) is 4.31 Å². The van der Waals surface area contributed by atoms with Crippen molar-refractivity contribution in [3.63, 3.8) is 0 Å². The third-order valence-corrected chi connectivity index (χ3v) is 6.97. The van der Waals surface area contributed by atoms with Crippen molar-refractivity contribution in [2.45, 2.75) is 12.5 Å². The molecule has 2 aromatic rings. The van der Waals surface area contributed by atoms with Gasteiger partial charge in [-0.25, -0.2) is 9.73 Å². The number of halogens is 1. The van der Waals surface area contributed by atoms with E-state index >= 15 is 0 Å². The zero-order valence-electron chi connectivity index (χ0n) is 17.1. The standard InChI is InChI=1S/C21H24ClN5O3S/c1-23-21(25-31(28,29)26-11-13-30-14-12-26)27-20(17-5-3-2-4-6-17)15-19(24-27)16-7-9-18(22)10-8-16/h2-10,20H,11-15H2,1H3,(H,23,25)/t20-/m1/s1. The monoisotopic (exact) mass is 461 g/mol. The summed E-state index contributed by atoms with van der Waals surface area (Å²) in [6.07, 6.45) is 0.601. The van der Waals surface area contributed by atoms with Gasteiger partial charge in [0.05, 0.1) is 25.0 Å². The second-order valence-electron chi connectivity index (χ2n) is 7.19. The van der Waals surface area contributed by atoms with Crippen LogP contribution in [-0.2, 0) is 14.9 Å². The molecule has 0 amide bonds. The highest BCUT2D eigenvalue weighted by atomic mass is 35.5. The molecule has 1 N–H and O–H groups in total. The highest BCUT2D eigenvalue weighted by Gasteiger charge is 2.35. The van der Waals surface area contributed by atoms with Gasteiger partial charge in [0.2, 0.25) is 5.96 Å². The summed E-state index contributed by atoms with van der Waals surface area (Å²) in [6.45, 7) is 1.34. The van der Waals surface area contributed by atoms with Crippen molar-refractivity contribution in [3.8, 4) is 0 Å². The van der Waals surface area contributed by atoms with Crippen LogP contribution in [0.2, 0.25) is 5.02 Å². The molecule has 0 radical (unpaired) electrons. The van der Waals surface area contributed by atoms with Crippen molar-refractivity contribution in [2.75, 3.05) is 33.4 Å². The molecule has 164 valence electrons. The van der Waals surface area contributed by atoms with Gasteiger partial charge in [0.15, 0.2) is 0 Å². The van der Waals surface area contributed by atoms with Crippen molar-refractivity contribution in [2.24, 2.45) is 10.1 Å². The molecule has 1 atom stereocenters. The number of hydrazone groups is 1. The fourth-order valence-corrected chi connectivity index (χ4v) is 4.92. The lowest BCUT2D eigenvalue weighted by Crippen LogP contribution is -2.51. The van der Waals surface area contributed by atoms with Gasteiger partial charge in [-0.2, -0.15) is 17.8 Å². The third kappa shape index (κ3) is 4.90. The number of aliphatic imine (C=N–C) groups is 1. The zero-order valence-corrected chi connectivity index (χ0v) is 18.7. The summed E-state index contributed by atoms with van der Waals surface area (Å²) in [5, 5.41) is 7.05. The summed E-state index contributed by atoms with van der Waals surface area (Å²) in [5.74, 6) is 0.171. The Morgan fingerprint density at radius 3 is 2.45 bits per heavy atom. The minimum absolute atomic E-state index is 0.171. The van der Waals surface area contributed by atoms with Gasteiger partial charge in [0.25, 0.3) is 0 Å². The van der Waals surface area contributed by atoms with Crippen LogP contribution >= 0.6 is 11.6 Å². The minimum atomic E-state index is -3.78. The average molecular weight is 462 g/mol. The van der Waals surface area contributed by atoms with Crippen LogP contribution < -0.4 is 4.72 Å². The second kappa shape index (κ2) is 9.35. The Hall–Kier alpha value is -2.46. The van der Waals surface area contributed by atoms with Gasteiger partial charge in [0.1, 0.15) is 0 Å². The first kappa shape index (κ1) is 21.8. The van der Waals surface area contributed by atoms with Gasteiger partial charge in [-0.15, -0.1) is 0 Å². The van der Waals surface area contributed by atoms with E-state index in [2.05, 4.69) is 9.71 Å².